The Balaban J connectivity index is 1.32. The average molecular weight is 442 g/mol. The topological polar surface area (TPSA) is 92.8 Å². The van der Waals surface area contributed by atoms with Gasteiger partial charge in [-0.3, -0.25) is 4.79 Å². The largest absolute Gasteiger partial charge is 0.426 e. The zero-order valence-corrected chi connectivity index (χ0v) is 17.7. The molecule has 3 aromatic rings. The van der Waals surface area contributed by atoms with Gasteiger partial charge in [0.25, 0.3) is 0 Å². The fourth-order valence-corrected chi connectivity index (χ4v) is 4.76. The standard InChI is InChI=1S/C22H23N3O5S/c26-21(25-19-8-4-5-9-20(19)30-22(25)27)10-12-23-13-15-24(16-14-23)31(28,29)17-11-18-6-2-1-3-7-18/h1-9,11,17H,10,12-16H2. The highest BCUT2D eigenvalue weighted by atomic mass is 32.2. The molecule has 1 fully saturated rings. The maximum absolute atomic E-state index is 12.6. The van der Waals surface area contributed by atoms with E-state index in [9.17, 15) is 18.0 Å². The predicted molar refractivity (Wildman–Crippen MR) is 118 cm³/mol. The lowest BCUT2D eigenvalue weighted by Crippen LogP contribution is -2.48. The fraction of sp³-hybridized carbons (Fsp3) is 0.273. The second kappa shape index (κ2) is 9.01. The first-order valence-corrected chi connectivity index (χ1v) is 11.5. The van der Waals surface area contributed by atoms with Gasteiger partial charge in [0, 0.05) is 44.6 Å². The molecule has 8 nitrogen and oxygen atoms in total. The van der Waals surface area contributed by atoms with Crippen LogP contribution in [0.15, 0.2) is 69.2 Å². The summed E-state index contributed by atoms with van der Waals surface area (Å²) in [6.45, 7) is 2.19. The molecule has 1 aromatic heterocycles. The normalized spacial score (nSPS) is 16.3. The second-order valence-corrected chi connectivity index (χ2v) is 9.13. The van der Waals surface area contributed by atoms with Crippen molar-refractivity contribution in [2.24, 2.45) is 0 Å². The number of sulfonamides is 1. The number of rotatable bonds is 6. The molecular weight excluding hydrogens is 418 g/mol. The molecule has 162 valence electrons. The van der Waals surface area contributed by atoms with Crippen LogP contribution < -0.4 is 5.76 Å². The molecule has 0 aliphatic carbocycles. The number of nitrogens with zero attached hydrogens (tertiary/aromatic N) is 3. The van der Waals surface area contributed by atoms with Gasteiger partial charge in [0.15, 0.2) is 5.58 Å². The van der Waals surface area contributed by atoms with Crippen molar-refractivity contribution in [3.8, 4) is 0 Å². The molecule has 1 aliphatic rings. The van der Waals surface area contributed by atoms with E-state index in [1.54, 1.807) is 30.3 Å². The minimum atomic E-state index is -3.50. The Labute approximate surface area is 180 Å². The summed E-state index contributed by atoms with van der Waals surface area (Å²) in [4.78, 5) is 26.6. The molecule has 4 rings (SSSR count). The van der Waals surface area contributed by atoms with Crippen LogP contribution >= 0.6 is 0 Å². The van der Waals surface area contributed by atoms with E-state index in [0.717, 1.165) is 10.1 Å². The third-order valence-corrected chi connectivity index (χ3v) is 6.87. The zero-order valence-electron chi connectivity index (χ0n) is 16.9. The van der Waals surface area contributed by atoms with Crippen LogP contribution in [0.1, 0.15) is 16.8 Å². The number of aromatic nitrogens is 1. The molecule has 0 atom stereocenters. The number of benzene rings is 2. The van der Waals surface area contributed by atoms with Crippen LogP contribution in [0.25, 0.3) is 17.2 Å². The lowest BCUT2D eigenvalue weighted by atomic mass is 10.2. The molecule has 0 N–H and O–H groups in total. The van der Waals surface area contributed by atoms with E-state index in [4.69, 9.17) is 4.42 Å². The summed E-state index contributed by atoms with van der Waals surface area (Å²) in [7, 11) is -3.50. The third-order valence-electron chi connectivity index (χ3n) is 5.30. The number of piperazine rings is 1. The van der Waals surface area contributed by atoms with Gasteiger partial charge in [0.1, 0.15) is 0 Å². The number of hydrogen-bond acceptors (Lipinski definition) is 6. The Bertz CT molecular complexity index is 1250. The quantitative estimate of drug-likeness (QED) is 0.583. The van der Waals surface area contributed by atoms with Crippen molar-refractivity contribution in [3.63, 3.8) is 0 Å². The molecule has 1 saturated heterocycles. The molecule has 1 aliphatic heterocycles. The molecule has 31 heavy (non-hydrogen) atoms. The monoisotopic (exact) mass is 441 g/mol. The van der Waals surface area contributed by atoms with Crippen molar-refractivity contribution >= 4 is 33.1 Å². The minimum absolute atomic E-state index is 0.143. The highest BCUT2D eigenvalue weighted by Crippen LogP contribution is 2.14. The van der Waals surface area contributed by atoms with E-state index in [0.29, 0.717) is 43.8 Å². The SMILES string of the molecule is O=C(CCN1CCN(S(=O)(=O)C=Cc2ccccc2)CC1)n1c(=O)oc2ccccc21. The Hall–Kier alpha value is -3.01. The van der Waals surface area contributed by atoms with Crippen LogP contribution in [0.2, 0.25) is 0 Å². The summed E-state index contributed by atoms with van der Waals surface area (Å²) in [6, 6.07) is 16.1. The number of hydrogen-bond donors (Lipinski definition) is 0. The first-order valence-electron chi connectivity index (χ1n) is 10.0. The fourth-order valence-electron chi connectivity index (χ4n) is 3.59. The highest BCUT2D eigenvalue weighted by Gasteiger charge is 2.25. The van der Waals surface area contributed by atoms with Gasteiger partial charge in [0.2, 0.25) is 15.9 Å². The summed E-state index contributed by atoms with van der Waals surface area (Å²) in [5, 5.41) is 1.23. The van der Waals surface area contributed by atoms with Crippen LogP contribution in [0.3, 0.4) is 0 Å². The van der Waals surface area contributed by atoms with Gasteiger partial charge >= 0.3 is 5.76 Å². The first kappa shape index (κ1) is 21.2. The van der Waals surface area contributed by atoms with E-state index in [-0.39, 0.29) is 12.3 Å². The summed E-state index contributed by atoms with van der Waals surface area (Å²) in [5.41, 5.74) is 1.66. The third kappa shape index (κ3) is 4.84. The van der Waals surface area contributed by atoms with Gasteiger partial charge < -0.3 is 9.32 Å². The Morgan fingerprint density at radius 2 is 1.65 bits per heavy atom. The van der Waals surface area contributed by atoms with E-state index >= 15 is 0 Å². The van der Waals surface area contributed by atoms with Crippen molar-refractivity contribution in [2.75, 3.05) is 32.7 Å². The van der Waals surface area contributed by atoms with Crippen molar-refractivity contribution in [1.82, 2.24) is 13.8 Å². The van der Waals surface area contributed by atoms with Gasteiger partial charge in [0.05, 0.1) is 5.52 Å². The number of oxazole rings is 1. The van der Waals surface area contributed by atoms with Crippen LogP contribution in [0, 0.1) is 0 Å². The molecule has 0 saturated carbocycles. The second-order valence-electron chi connectivity index (χ2n) is 7.31. The summed E-state index contributed by atoms with van der Waals surface area (Å²) in [5.74, 6) is -1.02. The van der Waals surface area contributed by atoms with Gasteiger partial charge in [-0.1, -0.05) is 42.5 Å². The molecule has 2 aromatic carbocycles. The van der Waals surface area contributed by atoms with Crippen LogP contribution in [-0.2, 0) is 10.0 Å². The molecule has 0 bridgehead atoms. The Morgan fingerprint density at radius 1 is 0.968 bits per heavy atom. The summed E-state index contributed by atoms with van der Waals surface area (Å²) in [6.07, 6.45) is 1.73. The van der Waals surface area contributed by atoms with E-state index in [2.05, 4.69) is 0 Å². The molecule has 0 amide bonds. The minimum Gasteiger partial charge on any atom is -0.407 e. The van der Waals surface area contributed by atoms with Crippen LogP contribution in [-0.4, -0.2) is 60.8 Å². The molecule has 9 heteroatoms. The van der Waals surface area contributed by atoms with Gasteiger partial charge in [-0.25, -0.2) is 17.8 Å². The number of carbonyl (C=O) groups excluding carboxylic acids is 1. The number of para-hydroxylation sites is 2. The maximum atomic E-state index is 12.6. The van der Waals surface area contributed by atoms with Crippen molar-refractivity contribution in [1.29, 1.82) is 0 Å². The van der Waals surface area contributed by atoms with E-state index in [1.165, 1.54) is 9.71 Å². The first-order chi connectivity index (χ1) is 14.9. The predicted octanol–water partition coefficient (Wildman–Crippen LogP) is 2.24. The summed E-state index contributed by atoms with van der Waals surface area (Å²) < 4.78 is 32.7. The maximum Gasteiger partial charge on any atom is 0.426 e. The smallest absolute Gasteiger partial charge is 0.407 e. The Kier molecular flexibility index (Phi) is 6.17. The van der Waals surface area contributed by atoms with Crippen LogP contribution in [0.5, 0.6) is 0 Å². The molecule has 0 radical (unpaired) electrons. The molecular formula is C22H23N3O5S. The van der Waals surface area contributed by atoms with Crippen molar-refractivity contribution in [2.45, 2.75) is 6.42 Å². The van der Waals surface area contributed by atoms with Crippen molar-refractivity contribution in [3.05, 3.63) is 76.1 Å². The van der Waals surface area contributed by atoms with Crippen LogP contribution in [0.4, 0.5) is 0 Å². The molecule has 2 heterocycles. The molecule has 0 unspecified atom stereocenters. The lowest BCUT2D eigenvalue weighted by molar-refractivity contribution is 0.0869. The number of carbonyl (C=O) groups is 1. The average Bonchev–Trinajstić information content (AvgIpc) is 3.13. The summed E-state index contributed by atoms with van der Waals surface area (Å²) >= 11 is 0. The van der Waals surface area contributed by atoms with Gasteiger partial charge in [-0.15, -0.1) is 0 Å². The Morgan fingerprint density at radius 3 is 2.39 bits per heavy atom. The van der Waals surface area contributed by atoms with Crippen molar-refractivity contribution < 1.29 is 17.6 Å². The number of fused-ring (bicyclic) bond motifs is 1. The van der Waals surface area contributed by atoms with E-state index in [1.807, 2.05) is 35.2 Å². The van der Waals surface area contributed by atoms with Gasteiger partial charge in [-0.2, -0.15) is 4.31 Å². The molecule has 0 spiro atoms. The van der Waals surface area contributed by atoms with E-state index < -0.39 is 15.8 Å². The lowest BCUT2D eigenvalue weighted by Gasteiger charge is -2.33. The highest BCUT2D eigenvalue weighted by molar-refractivity contribution is 7.92. The van der Waals surface area contributed by atoms with Gasteiger partial charge in [-0.05, 0) is 23.8 Å². The zero-order chi connectivity index (χ0) is 21.8.